The van der Waals surface area contributed by atoms with Crippen molar-refractivity contribution in [3.8, 4) is 0 Å². The average molecular weight is 246 g/mol. The van der Waals surface area contributed by atoms with Gasteiger partial charge in [-0.1, -0.05) is 26.0 Å². The second-order valence-corrected chi connectivity index (χ2v) is 5.77. The van der Waals surface area contributed by atoms with Crippen LogP contribution < -0.4 is 5.32 Å². The molecule has 0 bridgehead atoms. The monoisotopic (exact) mass is 246 g/mol. The van der Waals surface area contributed by atoms with Crippen LogP contribution in [0, 0.1) is 5.92 Å². The van der Waals surface area contributed by atoms with Gasteiger partial charge in [0.05, 0.1) is 0 Å². The zero-order valence-electron chi connectivity index (χ0n) is 11.8. The largest absolute Gasteiger partial charge is 0.384 e. The van der Waals surface area contributed by atoms with Gasteiger partial charge in [0.1, 0.15) is 0 Å². The van der Waals surface area contributed by atoms with Crippen molar-refractivity contribution in [1.82, 2.24) is 4.90 Å². The van der Waals surface area contributed by atoms with E-state index >= 15 is 0 Å². The fourth-order valence-electron chi connectivity index (χ4n) is 2.64. The Hall–Kier alpha value is -1.02. The van der Waals surface area contributed by atoms with Gasteiger partial charge in [0, 0.05) is 18.8 Å². The Bertz CT molecular complexity index is 354. The number of benzene rings is 1. The quantitative estimate of drug-likeness (QED) is 0.827. The number of rotatable bonds is 6. The molecule has 100 valence electrons. The highest BCUT2D eigenvalue weighted by Gasteiger charge is 2.10. The van der Waals surface area contributed by atoms with E-state index in [1.54, 1.807) is 0 Å². The molecule has 1 aromatic carbocycles. The average Bonchev–Trinajstić information content (AvgIpc) is 2.82. The van der Waals surface area contributed by atoms with Crippen molar-refractivity contribution in [1.29, 1.82) is 0 Å². The minimum atomic E-state index is 0.727. The van der Waals surface area contributed by atoms with Crippen molar-refractivity contribution < 1.29 is 0 Å². The summed E-state index contributed by atoms with van der Waals surface area (Å²) < 4.78 is 0. The lowest BCUT2D eigenvalue weighted by molar-refractivity contribution is 0.352. The maximum Gasteiger partial charge on any atom is 0.0343 e. The van der Waals surface area contributed by atoms with Crippen molar-refractivity contribution in [2.24, 2.45) is 5.92 Å². The molecule has 0 aromatic heterocycles. The number of hydrogen-bond donors (Lipinski definition) is 1. The number of hydrogen-bond acceptors (Lipinski definition) is 2. The molecular formula is C16H26N2. The minimum absolute atomic E-state index is 0.727. The van der Waals surface area contributed by atoms with Gasteiger partial charge in [-0.25, -0.2) is 0 Å². The Kier molecular flexibility index (Phi) is 5.06. The van der Waals surface area contributed by atoms with Crippen LogP contribution in [0.25, 0.3) is 0 Å². The zero-order chi connectivity index (χ0) is 12.8. The lowest BCUT2D eigenvalue weighted by Gasteiger charge is -2.15. The highest BCUT2D eigenvalue weighted by atomic mass is 15.1. The summed E-state index contributed by atoms with van der Waals surface area (Å²) in [7, 11) is 0. The summed E-state index contributed by atoms with van der Waals surface area (Å²) >= 11 is 0. The van der Waals surface area contributed by atoms with Gasteiger partial charge in [-0.15, -0.1) is 0 Å². The molecule has 0 atom stereocenters. The van der Waals surface area contributed by atoms with E-state index in [1.165, 1.54) is 50.1 Å². The SMILES string of the molecule is CC(C)Cc1cccc(NCCN2CCCC2)c1. The Morgan fingerprint density at radius 2 is 2.00 bits per heavy atom. The lowest BCUT2D eigenvalue weighted by Crippen LogP contribution is -2.25. The molecule has 1 aromatic rings. The van der Waals surface area contributed by atoms with Crippen LogP contribution in [0.3, 0.4) is 0 Å². The molecule has 1 heterocycles. The fourth-order valence-corrected chi connectivity index (χ4v) is 2.64. The third kappa shape index (κ3) is 4.34. The van der Waals surface area contributed by atoms with Crippen LogP contribution in [0.5, 0.6) is 0 Å². The summed E-state index contributed by atoms with van der Waals surface area (Å²) in [5, 5.41) is 3.54. The second kappa shape index (κ2) is 6.79. The molecule has 2 heteroatoms. The summed E-state index contributed by atoms with van der Waals surface area (Å²) in [6.07, 6.45) is 3.93. The maximum absolute atomic E-state index is 3.54. The van der Waals surface area contributed by atoms with Crippen molar-refractivity contribution in [3.63, 3.8) is 0 Å². The van der Waals surface area contributed by atoms with Gasteiger partial charge in [0.2, 0.25) is 0 Å². The van der Waals surface area contributed by atoms with Gasteiger partial charge < -0.3 is 10.2 Å². The summed E-state index contributed by atoms with van der Waals surface area (Å²) in [5.41, 5.74) is 2.71. The standard InChI is InChI=1S/C16H26N2/c1-14(2)12-15-6-5-7-16(13-15)17-8-11-18-9-3-4-10-18/h5-7,13-14,17H,3-4,8-12H2,1-2H3. The Morgan fingerprint density at radius 3 is 2.72 bits per heavy atom. The number of anilines is 1. The van der Waals surface area contributed by atoms with Crippen LogP contribution >= 0.6 is 0 Å². The van der Waals surface area contributed by atoms with E-state index in [0.717, 1.165) is 12.5 Å². The van der Waals surface area contributed by atoms with Crippen LogP contribution in [0.15, 0.2) is 24.3 Å². The van der Waals surface area contributed by atoms with Crippen molar-refractivity contribution in [2.75, 3.05) is 31.5 Å². The number of nitrogens with zero attached hydrogens (tertiary/aromatic N) is 1. The molecule has 0 saturated carbocycles. The van der Waals surface area contributed by atoms with Gasteiger partial charge in [0.25, 0.3) is 0 Å². The van der Waals surface area contributed by atoms with Crippen LogP contribution in [0.4, 0.5) is 5.69 Å². The van der Waals surface area contributed by atoms with Crippen molar-refractivity contribution in [2.45, 2.75) is 33.1 Å². The lowest BCUT2D eigenvalue weighted by atomic mass is 10.0. The molecule has 18 heavy (non-hydrogen) atoms. The Labute approximate surface area is 111 Å². The van der Waals surface area contributed by atoms with E-state index in [9.17, 15) is 0 Å². The third-order valence-electron chi connectivity index (χ3n) is 3.53. The van der Waals surface area contributed by atoms with E-state index < -0.39 is 0 Å². The molecule has 2 rings (SSSR count). The van der Waals surface area contributed by atoms with Crippen LogP contribution in [0.2, 0.25) is 0 Å². The highest BCUT2D eigenvalue weighted by molar-refractivity contribution is 5.45. The first-order valence-electron chi connectivity index (χ1n) is 7.29. The van der Waals surface area contributed by atoms with E-state index in [1.807, 2.05) is 0 Å². The van der Waals surface area contributed by atoms with E-state index in [2.05, 4.69) is 48.3 Å². The number of likely N-dealkylation sites (tertiary alicyclic amines) is 1. The molecule has 0 spiro atoms. The van der Waals surface area contributed by atoms with Crippen LogP contribution in [0.1, 0.15) is 32.3 Å². The smallest absolute Gasteiger partial charge is 0.0343 e. The molecule has 1 aliphatic heterocycles. The molecule has 0 aliphatic carbocycles. The molecule has 0 unspecified atom stereocenters. The van der Waals surface area contributed by atoms with Crippen molar-refractivity contribution >= 4 is 5.69 Å². The van der Waals surface area contributed by atoms with E-state index in [0.29, 0.717) is 0 Å². The molecular weight excluding hydrogens is 220 g/mol. The molecule has 0 amide bonds. The summed E-state index contributed by atoms with van der Waals surface area (Å²) in [6.45, 7) is 9.35. The summed E-state index contributed by atoms with van der Waals surface area (Å²) in [4.78, 5) is 2.55. The van der Waals surface area contributed by atoms with Gasteiger partial charge >= 0.3 is 0 Å². The first-order valence-corrected chi connectivity index (χ1v) is 7.29. The highest BCUT2D eigenvalue weighted by Crippen LogP contribution is 2.14. The molecule has 1 fully saturated rings. The molecule has 1 N–H and O–H groups in total. The predicted molar refractivity (Wildman–Crippen MR) is 79.1 cm³/mol. The van der Waals surface area contributed by atoms with Crippen LogP contribution in [-0.2, 0) is 6.42 Å². The van der Waals surface area contributed by atoms with E-state index in [-0.39, 0.29) is 0 Å². The number of nitrogens with one attached hydrogen (secondary N) is 1. The minimum Gasteiger partial charge on any atom is -0.384 e. The van der Waals surface area contributed by atoms with Gasteiger partial charge in [-0.3, -0.25) is 0 Å². The van der Waals surface area contributed by atoms with Crippen molar-refractivity contribution in [3.05, 3.63) is 29.8 Å². The van der Waals surface area contributed by atoms with Crippen LogP contribution in [-0.4, -0.2) is 31.1 Å². The van der Waals surface area contributed by atoms with E-state index in [4.69, 9.17) is 0 Å². The first kappa shape index (κ1) is 13.4. The first-order chi connectivity index (χ1) is 8.74. The Balaban J connectivity index is 1.77. The molecule has 1 aliphatic rings. The normalized spacial score (nSPS) is 16.4. The molecule has 0 radical (unpaired) electrons. The van der Waals surface area contributed by atoms with Gasteiger partial charge in [-0.05, 0) is 56.0 Å². The Morgan fingerprint density at radius 1 is 1.22 bits per heavy atom. The summed E-state index contributed by atoms with van der Waals surface area (Å²) in [5.74, 6) is 0.727. The fraction of sp³-hybridized carbons (Fsp3) is 0.625. The third-order valence-corrected chi connectivity index (χ3v) is 3.53. The summed E-state index contributed by atoms with van der Waals surface area (Å²) in [6, 6.07) is 8.86. The maximum atomic E-state index is 3.54. The van der Waals surface area contributed by atoms with Gasteiger partial charge in [0.15, 0.2) is 0 Å². The van der Waals surface area contributed by atoms with Gasteiger partial charge in [-0.2, -0.15) is 0 Å². The topological polar surface area (TPSA) is 15.3 Å². The second-order valence-electron chi connectivity index (χ2n) is 5.77. The zero-order valence-corrected chi connectivity index (χ0v) is 11.8. The molecule has 1 saturated heterocycles. The predicted octanol–water partition coefficient (Wildman–Crippen LogP) is 3.39. The molecule has 2 nitrogen and oxygen atoms in total.